The van der Waals surface area contributed by atoms with Crippen LogP contribution in [0, 0.1) is 0 Å². The van der Waals surface area contributed by atoms with Crippen LogP contribution in [0.25, 0.3) is 0 Å². The van der Waals surface area contributed by atoms with Gasteiger partial charge >= 0.3 is 11.9 Å². The zero-order chi connectivity index (χ0) is 12.1. The van der Waals surface area contributed by atoms with E-state index >= 15 is 0 Å². The lowest BCUT2D eigenvalue weighted by molar-refractivity contribution is -0.139. The molecule has 0 radical (unpaired) electrons. The smallest absolute Gasteiger partial charge is 0.304 e. The lowest BCUT2D eigenvalue weighted by Crippen LogP contribution is -2.12. The van der Waals surface area contributed by atoms with Gasteiger partial charge in [-0.2, -0.15) is 0 Å². The van der Waals surface area contributed by atoms with Crippen molar-refractivity contribution in [3.05, 3.63) is 29.0 Å². The number of carboxylic acid groups (broad SMARTS) is 2. The zero-order valence-corrected chi connectivity index (χ0v) is 9.02. The Labute approximate surface area is 96.7 Å². The number of carboxylic acids is 2. The highest BCUT2D eigenvalue weighted by Gasteiger charge is 2.20. The van der Waals surface area contributed by atoms with E-state index in [9.17, 15) is 9.59 Å². The number of pyridine rings is 1. The summed E-state index contributed by atoms with van der Waals surface area (Å²) in [6.07, 6.45) is -0.556. The second kappa shape index (κ2) is 5.46. The molecule has 0 aliphatic carbocycles. The molecular weight excluding hydrogens is 234 g/mol. The second-order valence-electron chi connectivity index (χ2n) is 3.28. The van der Waals surface area contributed by atoms with Crippen molar-refractivity contribution in [2.24, 2.45) is 0 Å². The van der Waals surface area contributed by atoms with Crippen molar-refractivity contribution < 1.29 is 19.8 Å². The quantitative estimate of drug-likeness (QED) is 0.770. The number of carbonyl (C=O) groups is 2. The first-order valence-corrected chi connectivity index (χ1v) is 4.93. The van der Waals surface area contributed by atoms with Crippen molar-refractivity contribution in [2.75, 3.05) is 0 Å². The maximum atomic E-state index is 10.6. The van der Waals surface area contributed by atoms with Gasteiger partial charge in [-0.05, 0) is 12.1 Å². The van der Waals surface area contributed by atoms with Crippen molar-refractivity contribution in [3.63, 3.8) is 0 Å². The molecular formula is C10H10ClNO4. The van der Waals surface area contributed by atoms with Gasteiger partial charge < -0.3 is 10.2 Å². The maximum Gasteiger partial charge on any atom is 0.304 e. The summed E-state index contributed by atoms with van der Waals surface area (Å²) in [5.74, 6) is -2.78. The molecule has 0 aliphatic heterocycles. The molecule has 0 unspecified atom stereocenters. The molecule has 5 nitrogen and oxygen atoms in total. The van der Waals surface area contributed by atoms with Crippen LogP contribution in [-0.2, 0) is 9.59 Å². The average molecular weight is 244 g/mol. The fraction of sp³-hybridized carbons (Fsp3) is 0.300. The second-order valence-corrected chi connectivity index (χ2v) is 3.67. The van der Waals surface area contributed by atoms with E-state index in [1.165, 1.54) is 0 Å². The fourth-order valence-electron chi connectivity index (χ4n) is 1.35. The summed E-state index contributed by atoms with van der Waals surface area (Å²) in [4.78, 5) is 25.1. The van der Waals surface area contributed by atoms with Gasteiger partial charge in [-0.15, -0.1) is 0 Å². The number of hydrogen-bond acceptors (Lipinski definition) is 3. The molecule has 1 rings (SSSR count). The Morgan fingerprint density at radius 3 is 2.25 bits per heavy atom. The van der Waals surface area contributed by atoms with Crippen molar-refractivity contribution in [2.45, 2.75) is 18.8 Å². The van der Waals surface area contributed by atoms with Crippen LogP contribution in [0.2, 0.25) is 5.15 Å². The van der Waals surface area contributed by atoms with Gasteiger partial charge in [0.05, 0.1) is 12.8 Å². The molecule has 1 aromatic rings. The Morgan fingerprint density at radius 2 is 1.81 bits per heavy atom. The number of nitrogens with zero attached hydrogens (tertiary/aromatic N) is 1. The van der Waals surface area contributed by atoms with Crippen LogP contribution in [-0.4, -0.2) is 27.1 Å². The Hall–Kier alpha value is -1.62. The molecule has 1 heterocycles. The number of aromatic nitrogens is 1. The van der Waals surface area contributed by atoms with E-state index in [0.29, 0.717) is 5.69 Å². The van der Waals surface area contributed by atoms with Crippen LogP contribution in [0.15, 0.2) is 18.2 Å². The van der Waals surface area contributed by atoms with Crippen LogP contribution in [0.1, 0.15) is 24.5 Å². The van der Waals surface area contributed by atoms with E-state index in [0.717, 1.165) is 0 Å². The van der Waals surface area contributed by atoms with Crippen LogP contribution < -0.4 is 0 Å². The molecule has 86 valence electrons. The van der Waals surface area contributed by atoms with Gasteiger partial charge in [0.2, 0.25) is 0 Å². The van der Waals surface area contributed by atoms with E-state index in [2.05, 4.69) is 4.98 Å². The summed E-state index contributed by atoms with van der Waals surface area (Å²) in [5.41, 5.74) is 0.386. The van der Waals surface area contributed by atoms with Gasteiger partial charge in [-0.3, -0.25) is 9.59 Å². The highest BCUT2D eigenvalue weighted by atomic mass is 35.5. The topological polar surface area (TPSA) is 87.5 Å². The van der Waals surface area contributed by atoms with Crippen molar-refractivity contribution >= 4 is 23.5 Å². The SMILES string of the molecule is O=C(O)CC(CC(=O)O)c1cccc(Cl)n1. The number of halogens is 1. The molecule has 0 saturated heterocycles. The van der Waals surface area contributed by atoms with E-state index in [1.807, 2.05) is 0 Å². The first kappa shape index (κ1) is 12.4. The highest BCUT2D eigenvalue weighted by molar-refractivity contribution is 6.29. The predicted octanol–water partition coefficient (Wildman–Crippen LogP) is 1.77. The lowest BCUT2D eigenvalue weighted by Gasteiger charge is -2.11. The molecule has 6 heteroatoms. The molecule has 0 aliphatic rings. The van der Waals surface area contributed by atoms with Gasteiger partial charge in [0.1, 0.15) is 5.15 Å². The van der Waals surface area contributed by atoms with Crippen molar-refractivity contribution in [1.29, 1.82) is 0 Å². The zero-order valence-electron chi connectivity index (χ0n) is 8.26. The summed E-state index contributed by atoms with van der Waals surface area (Å²) in [5, 5.41) is 17.6. The molecule has 1 aromatic heterocycles. The first-order chi connectivity index (χ1) is 7.49. The van der Waals surface area contributed by atoms with Crippen molar-refractivity contribution in [1.82, 2.24) is 4.98 Å². The van der Waals surface area contributed by atoms with E-state index in [4.69, 9.17) is 21.8 Å². The summed E-state index contributed by atoms with van der Waals surface area (Å²) in [6, 6.07) is 4.73. The first-order valence-electron chi connectivity index (χ1n) is 4.55. The van der Waals surface area contributed by atoms with Gasteiger partial charge in [-0.1, -0.05) is 17.7 Å². The van der Waals surface area contributed by atoms with Gasteiger partial charge in [0.25, 0.3) is 0 Å². The third kappa shape index (κ3) is 3.86. The Bertz CT molecular complexity index is 392. The van der Waals surface area contributed by atoms with Gasteiger partial charge in [0.15, 0.2) is 0 Å². The molecule has 0 fully saturated rings. The number of hydrogen-bond donors (Lipinski definition) is 2. The lowest BCUT2D eigenvalue weighted by atomic mass is 9.97. The monoisotopic (exact) mass is 243 g/mol. The minimum Gasteiger partial charge on any atom is -0.481 e. The molecule has 0 amide bonds. The Balaban J connectivity index is 2.90. The summed E-state index contributed by atoms with van der Waals surface area (Å²) in [6.45, 7) is 0. The fourth-order valence-corrected chi connectivity index (χ4v) is 1.52. The third-order valence-corrected chi connectivity index (χ3v) is 2.21. The largest absolute Gasteiger partial charge is 0.481 e. The number of rotatable bonds is 5. The minimum absolute atomic E-state index is 0.221. The van der Waals surface area contributed by atoms with Gasteiger partial charge in [-0.25, -0.2) is 4.98 Å². The average Bonchev–Trinajstić information content (AvgIpc) is 2.15. The summed E-state index contributed by atoms with van der Waals surface area (Å²) < 4.78 is 0. The molecule has 0 atom stereocenters. The Morgan fingerprint density at radius 1 is 1.25 bits per heavy atom. The van der Waals surface area contributed by atoms with E-state index in [-0.39, 0.29) is 18.0 Å². The minimum atomic E-state index is -1.06. The molecule has 0 bridgehead atoms. The molecule has 2 N–H and O–H groups in total. The van der Waals surface area contributed by atoms with Crippen LogP contribution in [0.3, 0.4) is 0 Å². The summed E-state index contributed by atoms with van der Waals surface area (Å²) >= 11 is 5.66. The molecule has 0 saturated carbocycles. The van der Waals surface area contributed by atoms with E-state index < -0.39 is 17.9 Å². The standard InChI is InChI=1S/C10H10ClNO4/c11-8-3-1-2-7(12-8)6(4-9(13)14)5-10(15)16/h1-3,6H,4-5H2,(H,13,14)(H,15,16). The Kier molecular flexibility index (Phi) is 4.25. The van der Waals surface area contributed by atoms with Crippen molar-refractivity contribution in [3.8, 4) is 0 Å². The highest BCUT2D eigenvalue weighted by Crippen LogP contribution is 2.23. The molecule has 0 aromatic carbocycles. The maximum absolute atomic E-state index is 10.6. The van der Waals surface area contributed by atoms with Crippen LogP contribution >= 0.6 is 11.6 Å². The number of aliphatic carboxylic acids is 2. The normalized spacial score (nSPS) is 10.4. The van der Waals surface area contributed by atoms with Crippen LogP contribution in [0.5, 0.6) is 0 Å². The van der Waals surface area contributed by atoms with Crippen LogP contribution in [0.4, 0.5) is 0 Å². The third-order valence-electron chi connectivity index (χ3n) is 2.00. The molecule has 16 heavy (non-hydrogen) atoms. The van der Waals surface area contributed by atoms with E-state index in [1.54, 1.807) is 18.2 Å². The summed E-state index contributed by atoms with van der Waals surface area (Å²) in [7, 11) is 0. The molecule has 0 spiro atoms. The van der Waals surface area contributed by atoms with Gasteiger partial charge in [0, 0.05) is 11.6 Å². The predicted molar refractivity (Wildman–Crippen MR) is 56.5 cm³/mol.